The highest BCUT2D eigenvalue weighted by Crippen LogP contribution is 2.71. The summed E-state index contributed by atoms with van der Waals surface area (Å²) in [5.74, 6) is 0.620. The summed E-state index contributed by atoms with van der Waals surface area (Å²) in [6.07, 6.45) is -3.95. The number of hydrogen-bond acceptors (Lipinski definition) is 13. The summed E-state index contributed by atoms with van der Waals surface area (Å²) in [6, 6.07) is 0. The Hall–Kier alpha value is -1.49. The van der Waals surface area contributed by atoms with Gasteiger partial charge in [0.1, 0.15) is 30.5 Å². The van der Waals surface area contributed by atoms with Gasteiger partial charge in [-0.2, -0.15) is 0 Å². The smallest absolute Gasteiger partial charge is 0.303 e. The van der Waals surface area contributed by atoms with Crippen LogP contribution in [0.5, 0.6) is 0 Å². The molecule has 1 spiro atoms. The van der Waals surface area contributed by atoms with Crippen LogP contribution in [-0.4, -0.2) is 124 Å². The molecule has 0 aromatic rings. The molecule has 0 aromatic carbocycles. The molecule has 8 aliphatic rings. The van der Waals surface area contributed by atoms with Crippen molar-refractivity contribution in [2.75, 3.05) is 13.2 Å². The van der Waals surface area contributed by atoms with E-state index in [-0.39, 0.29) is 30.0 Å². The molecule has 0 unspecified atom stereocenters. The van der Waals surface area contributed by atoms with Crippen molar-refractivity contribution in [2.24, 2.45) is 40.4 Å². The molecule has 298 valence electrons. The first kappa shape index (κ1) is 38.4. The molecule has 3 saturated carbocycles. The highest BCUT2D eigenvalue weighted by atomic mass is 16.8. The van der Waals surface area contributed by atoms with Gasteiger partial charge in [0.15, 0.2) is 24.5 Å². The van der Waals surface area contributed by atoms with Gasteiger partial charge in [0, 0.05) is 31.1 Å². The van der Waals surface area contributed by atoms with Crippen LogP contribution in [0.15, 0.2) is 23.8 Å². The van der Waals surface area contributed by atoms with E-state index in [0.29, 0.717) is 37.2 Å². The number of carbonyl (C=O) groups is 1. The second-order valence-corrected chi connectivity index (χ2v) is 18.1. The molecule has 8 rings (SSSR count). The van der Waals surface area contributed by atoms with Crippen LogP contribution in [0.4, 0.5) is 0 Å². The van der Waals surface area contributed by atoms with Crippen molar-refractivity contribution in [1.29, 1.82) is 0 Å². The maximum Gasteiger partial charge on any atom is 0.303 e. The molecule has 0 radical (unpaired) electrons. The Bertz CT molecular complexity index is 1440. The minimum atomic E-state index is -1.64. The minimum Gasteiger partial charge on any atom is -0.457 e. The van der Waals surface area contributed by atoms with E-state index in [2.05, 4.69) is 33.4 Å². The zero-order valence-electron chi connectivity index (χ0n) is 31.7. The fourth-order valence-electron chi connectivity index (χ4n) is 12.5. The number of esters is 1. The van der Waals surface area contributed by atoms with Crippen LogP contribution in [0.1, 0.15) is 86.0 Å². The molecule has 0 bridgehead atoms. The lowest BCUT2D eigenvalue weighted by atomic mass is 9.46. The Kier molecular flexibility index (Phi) is 10.0. The van der Waals surface area contributed by atoms with Crippen molar-refractivity contribution in [3.05, 3.63) is 23.8 Å². The third kappa shape index (κ3) is 6.11. The quantitative estimate of drug-likeness (QED) is 0.205. The van der Waals surface area contributed by atoms with Crippen molar-refractivity contribution in [1.82, 2.24) is 0 Å². The predicted molar refractivity (Wildman–Crippen MR) is 186 cm³/mol. The molecular weight excluding hydrogens is 688 g/mol. The molecule has 4 heterocycles. The first-order chi connectivity index (χ1) is 25.1. The van der Waals surface area contributed by atoms with Gasteiger partial charge >= 0.3 is 5.97 Å². The molecule has 20 atom stereocenters. The van der Waals surface area contributed by atoms with Crippen molar-refractivity contribution in [2.45, 2.75) is 165 Å². The summed E-state index contributed by atoms with van der Waals surface area (Å²) in [7, 11) is 0. The maximum absolute atomic E-state index is 11.9. The standard InChI is InChI=1S/C40H60O13/c1-18-9-12-40(48-16-18)19(2)30-27(53-40)15-26-24-8-7-22-13-23(42)14-29(39(22,6)25(24)10-11-38(26,30)5)51-37-35(32(44)28(17-47-37)50-21(4)41)52-36-34(46)33(45)31(43)20(3)49-36/h7,19-20,23-37,42-46H,1,8-17H2,2-6H3/t19-,20-,23+,24+,25-,26-,27-,28-,29+,30-,31-,32-,33+,34+,35+,36-,37-,38-,39-,40+/m0/s1. The van der Waals surface area contributed by atoms with Crippen molar-refractivity contribution in [3.63, 3.8) is 0 Å². The van der Waals surface area contributed by atoms with Crippen molar-refractivity contribution < 1.29 is 63.5 Å². The Morgan fingerprint density at radius 3 is 2.45 bits per heavy atom. The number of aliphatic hydroxyl groups excluding tert-OH is 5. The predicted octanol–water partition coefficient (Wildman–Crippen LogP) is 2.49. The lowest BCUT2D eigenvalue weighted by molar-refractivity contribution is -0.363. The van der Waals surface area contributed by atoms with Gasteiger partial charge in [0.25, 0.3) is 0 Å². The normalized spacial score (nSPS) is 55.1. The molecule has 5 N–H and O–H groups in total. The number of aliphatic hydroxyl groups is 5. The fourth-order valence-corrected chi connectivity index (χ4v) is 12.5. The largest absolute Gasteiger partial charge is 0.457 e. The van der Waals surface area contributed by atoms with Crippen molar-refractivity contribution in [3.8, 4) is 0 Å². The Balaban J connectivity index is 1.05. The van der Waals surface area contributed by atoms with Gasteiger partial charge < -0.3 is 58.7 Å². The Morgan fingerprint density at radius 2 is 1.74 bits per heavy atom. The number of hydrogen-bond donors (Lipinski definition) is 5. The number of carbonyl (C=O) groups excluding carboxylic acids is 1. The molecule has 13 heteroatoms. The van der Waals surface area contributed by atoms with Gasteiger partial charge in [0.05, 0.1) is 37.6 Å². The van der Waals surface area contributed by atoms with E-state index in [1.54, 1.807) is 0 Å². The molecule has 4 aliphatic carbocycles. The molecule has 4 aliphatic heterocycles. The van der Waals surface area contributed by atoms with Gasteiger partial charge in [-0.1, -0.05) is 44.6 Å². The van der Waals surface area contributed by atoms with Crippen molar-refractivity contribution >= 4 is 5.97 Å². The van der Waals surface area contributed by atoms with Gasteiger partial charge in [-0.15, -0.1) is 0 Å². The molecular formula is C40H60O13. The number of allylic oxidation sites excluding steroid dienone is 1. The Labute approximate surface area is 311 Å². The second kappa shape index (κ2) is 13.9. The summed E-state index contributed by atoms with van der Waals surface area (Å²) in [6.45, 7) is 14.4. The highest BCUT2D eigenvalue weighted by molar-refractivity contribution is 5.66. The number of rotatable bonds is 5. The lowest BCUT2D eigenvalue weighted by Crippen LogP contribution is -2.63. The molecule has 7 fully saturated rings. The fraction of sp³-hybridized carbons (Fsp3) is 0.875. The third-order valence-corrected chi connectivity index (χ3v) is 15.3. The van der Waals surface area contributed by atoms with Gasteiger partial charge in [-0.3, -0.25) is 4.79 Å². The van der Waals surface area contributed by atoms with Crippen LogP contribution in [0, 0.1) is 40.4 Å². The summed E-state index contributed by atoms with van der Waals surface area (Å²) in [5, 5.41) is 54.4. The van der Waals surface area contributed by atoms with E-state index >= 15 is 0 Å². The SMILES string of the molecule is C=C1CC[C@@]2(OC1)O[C@H]1C[C@H]3[C@@H]4CC=C5C[C@@H](O)C[C@@H](O[C@@H]6OC[C@H](OC(C)=O)[C@H](O)[C@H]6O[C@@H]6O[C@@H](C)[C@H](O)[C@@H](O)[C@H]6O)[C@]5(C)[C@H]4CC[C@]3(C)[C@H]1[C@@H]2C. The molecule has 0 amide bonds. The first-order valence-electron chi connectivity index (χ1n) is 19.9. The van der Waals surface area contributed by atoms with Gasteiger partial charge in [0.2, 0.25) is 0 Å². The van der Waals surface area contributed by atoms with Crippen LogP contribution in [-0.2, 0) is 38.0 Å². The number of fused-ring (bicyclic) bond motifs is 7. The summed E-state index contributed by atoms with van der Waals surface area (Å²) < 4.78 is 43.7. The number of ether oxygens (including phenoxy) is 7. The lowest BCUT2D eigenvalue weighted by Gasteiger charge is -2.60. The van der Waals surface area contributed by atoms with Crippen LogP contribution in [0.3, 0.4) is 0 Å². The highest BCUT2D eigenvalue weighted by Gasteiger charge is 2.69. The maximum atomic E-state index is 11.9. The third-order valence-electron chi connectivity index (χ3n) is 15.3. The molecule has 13 nitrogen and oxygen atoms in total. The first-order valence-corrected chi connectivity index (χ1v) is 19.9. The van der Waals surface area contributed by atoms with E-state index in [1.165, 1.54) is 19.4 Å². The summed E-state index contributed by atoms with van der Waals surface area (Å²) in [5.41, 5.74) is 1.94. The second-order valence-electron chi connectivity index (χ2n) is 18.1. The zero-order chi connectivity index (χ0) is 37.8. The molecule has 4 saturated heterocycles. The monoisotopic (exact) mass is 748 g/mol. The Morgan fingerprint density at radius 1 is 0.962 bits per heavy atom. The summed E-state index contributed by atoms with van der Waals surface area (Å²) >= 11 is 0. The summed E-state index contributed by atoms with van der Waals surface area (Å²) in [4.78, 5) is 11.9. The average Bonchev–Trinajstić information content (AvgIpc) is 3.56. The zero-order valence-corrected chi connectivity index (χ0v) is 31.7. The molecule has 53 heavy (non-hydrogen) atoms. The topological polar surface area (TPSA) is 183 Å². The van der Waals surface area contributed by atoms with E-state index < -0.39 is 84.7 Å². The van der Waals surface area contributed by atoms with E-state index in [4.69, 9.17) is 33.2 Å². The van der Waals surface area contributed by atoms with Crippen LogP contribution in [0.2, 0.25) is 0 Å². The van der Waals surface area contributed by atoms with E-state index in [1.807, 2.05) is 0 Å². The minimum absolute atomic E-state index is 0.0934. The van der Waals surface area contributed by atoms with Gasteiger partial charge in [-0.05, 0) is 74.5 Å². The van der Waals surface area contributed by atoms with Crippen LogP contribution < -0.4 is 0 Å². The van der Waals surface area contributed by atoms with E-state index in [9.17, 15) is 30.3 Å². The van der Waals surface area contributed by atoms with Crippen LogP contribution in [0.25, 0.3) is 0 Å². The van der Waals surface area contributed by atoms with Crippen LogP contribution >= 0.6 is 0 Å². The van der Waals surface area contributed by atoms with Gasteiger partial charge in [-0.25, -0.2) is 0 Å². The average molecular weight is 749 g/mol. The van der Waals surface area contributed by atoms with E-state index in [0.717, 1.165) is 44.1 Å². The molecule has 0 aromatic heterocycles.